The predicted octanol–water partition coefficient (Wildman–Crippen LogP) is 1.56. The first kappa shape index (κ1) is 16.5. The molecule has 2 rings (SSSR count). The topological polar surface area (TPSA) is 80.3 Å². The number of benzene rings is 1. The molecule has 1 saturated heterocycles. The van der Waals surface area contributed by atoms with Crippen molar-refractivity contribution in [2.24, 2.45) is 0 Å². The molecule has 1 N–H and O–H groups in total. The maximum absolute atomic E-state index is 12.2. The van der Waals surface area contributed by atoms with Crippen LogP contribution in [0.1, 0.15) is 28.8 Å². The molecule has 1 amide bonds. The molecule has 0 unspecified atom stereocenters. The molecule has 0 bridgehead atoms. The first-order valence-electron chi connectivity index (χ1n) is 6.48. The lowest BCUT2D eigenvalue weighted by atomic mass is 10.1. The highest BCUT2D eigenvalue weighted by Gasteiger charge is 2.21. The summed E-state index contributed by atoms with van der Waals surface area (Å²) in [5.74, 6) is 0.832. The van der Waals surface area contributed by atoms with E-state index in [2.05, 4.69) is 5.32 Å². The Labute approximate surface area is 130 Å². The number of aryl methyl sites for hydroxylation is 1. The Hall–Kier alpha value is -0.920. The van der Waals surface area contributed by atoms with Crippen molar-refractivity contribution in [3.05, 3.63) is 29.3 Å². The van der Waals surface area contributed by atoms with Gasteiger partial charge < -0.3 is 5.32 Å². The molecule has 1 heterocycles. The summed E-state index contributed by atoms with van der Waals surface area (Å²) in [5.41, 5.74) is 0.910. The van der Waals surface area contributed by atoms with E-state index in [4.69, 9.17) is 10.7 Å². The molecule has 116 valence electrons. The Balaban J connectivity index is 2.16. The Morgan fingerprint density at radius 2 is 1.90 bits per heavy atom. The molecule has 0 spiro atoms. The molecule has 5 nitrogen and oxygen atoms in total. The second kappa shape index (κ2) is 6.46. The van der Waals surface area contributed by atoms with E-state index in [0.29, 0.717) is 29.9 Å². The van der Waals surface area contributed by atoms with Crippen molar-refractivity contribution in [2.45, 2.75) is 30.7 Å². The first-order chi connectivity index (χ1) is 9.75. The molecule has 0 aliphatic carbocycles. The van der Waals surface area contributed by atoms with Gasteiger partial charge in [-0.1, -0.05) is 0 Å². The van der Waals surface area contributed by atoms with Crippen LogP contribution in [-0.4, -0.2) is 36.1 Å². The number of amides is 1. The second-order valence-corrected chi connectivity index (χ2v) is 9.33. The number of hydrogen-bond donors (Lipinski definition) is 1. The van der Waals surface area contributed by atoms with Gasteiger partial charge >= 0.3 is 0 Å². The zero-order chi connectivity index (χ0) is 15.6. The lowest BCUT2D eigenvalue weighted by molar-refractivity contribution is 0.0934. The van der Waals surface area contributed by atoms with Crippen molar-refractivity contribution in [3.8, 4) is 0 Å². The molecule has 1 aliphatic heterocycles. The normalized spacial score (nSPS) is 22.8. The summed E-state index contributed by atoms with van der Waals surface area (Å²) >= 11 is 0. The quantitative estimate of drug-likeness (QED) is 0.840. The van der Waals surface area contributed by atoms with Gasteiger partial charge in [-0.3, -0.25) is 9.00 Å². The molecule has 1 aromatic carbocycles. The van der Waals surface area contributed by atoms with E-state index in [1.54, 1.807) is 13.0 Å². The molecular formula is C13H16ClNO4S2. The smallest absolute Gasteiger partial charge is 0.261 e. The van der Waals surface area contributed by atoms with E-state index >= 15 is 0 Å². The monoisotopic (exact) mass is 349 g/mol. The third-order valence-electron chi connectivity index (χ3n) is 3.32. The second-order valence-electron chi connectivity index (χ2n) is 5.07. The maximum atomic E-state index is 12.2. The van der Waals surface area contributed by atoms with Crippen molar-refractivity contribution in [2.75, 3.05) is 11.5 Å². The molecule has 0 saturated carbocycles. The summed E-state index contributed by atoms with van der Waals surface area (Å²) in [4.78, 5) is 12.1. The van der Waals surface area contributed by atoms with Gasteiger partial charge in [0.1, 0.15) is 0 Å². The Bertz CT molecular complexity index is 677. The van der Waals surface area contributed by atoms with Crippen molar-refractivity contribution < 1.29 is 17.4 Å². The van der Waals surface area contributed by atoms with Crippen LogP contribution in [0, 0.1) is 6.92 Å². The van der Waals surface area contributed by atoms with Crippen molar-refractivity contribution >= 4 is 36.4 Å². The zero-order valence-corrected chi connectivity index (χ0v) is 13.9. The highest BCUT2D eigenvalue weighted by molar-refractivity contribution is 8.13. The summed E-state index contributed by atoms with van der Waals surface area (Å²) in [7, 11) is 0.665. The Morgan fingerprint density at radius 1 is 1.29 bits per heavy atom. The van der Waals surface area contributed by atoms with E-state index in [0.717, 1.165) is 0 Å². The van der Waals surface area contributed by atoms with Gasteiger partial charge in [-0.15, -0.1) is 0 Å². The number of hydrogen-bond acceptors (Lipinski definition) is 4. The minimum absolute atomic E-state index is 0.0215. The summed E-state index contributed by atoms with van der Waals surface area (Å²) in [6, 6.07) is 4.28. The van der Waals surface area contributed by atoms with Crippen LogP contribution in [0.2, 0.25) is 0 Å². The predicted molar refractivity (Wildman–Crippen MR) is 82.6 cm³/mol. The Kier molecular flexibility index (Phi) is 5.06. The number of rotatable bonds is 3. The van der Waals surface area contributed by atoms with Gasteiger partial charge in [-0.25, -0.2) is 8.42 Å². The van der Waals surface area contributed by atoms with Gasteiger partial charge in [0, 0.05) is 44.6 Å². The van der Waals surface area contributed by atoms with Crippen LogP contribution < -0.4 is 5.32 Å². The zero-order valence-electron chi connectivity index (χ0n) is 11.5. The van der Waals surface area contributed by atoms with Crippen LogP contribution in [0.25, 0.3) is 0 Å². The molecule has 0 radical (unpaired) electrons. The highest BCUT2D eigenvalue weighted by atomic mass is 35.7. The number of halogens is 1. The van der Waals surface area contributed by atoms with Crippen molar-refractivity contribution in [1.29, 1.82) is 0 Å². The Morgan fingerprint density at radius 3 is 2.48 bits per heavy atom. The van der Waals surface area contributed by atoms with Crippen LogP contribution in [0.15, 0.2) is 23.1 Å². The lowest BCUT2D eigenvalue weighted by Gasteiger charge is -2.22. The molecule has 0 atom stereocenters. The molecule has 21 heavy (non-hydrogen) atoms. The number of nitrogens with one attached hydrogen (secondary N) is 1. The van der Waals surface area contributed by atoms with Crippen LogP contribution in [-0.2, 0) is 19.9 Å². The van der Waals surface area contributed by atoms with E-state index in [-0.39, 0.29) is 22.4 Å². The summed E-state index contributed by atoms with van der Waals surface area (Å²) in [6.45, 7) is 1.70. The number of carbonyl (C=O) groups is 1. The van der Waals surface area contributed by atoms with Gasteiger partial charge in [0.25, 0.3) is 15.0 Å². The van der Waals surface area contributed by atoms with Crippen LogP contribution >= 0.6 is 10.7 Å². The number of carbonyl (C=O) groups excluding carboxylic acids is 1. The van der Waals surface area contributed by atoms with Crippen LogP contribution in [0.5, 0.6) is 0 Å². The van der Waals surface area contributed by atoms with Gasteiger partial charge in [0.15, 0.2) is 0 Å². The van der Waals surface area contributed by atoms with Crippen molar-refractivity contribution in [3.63, 3.8) is 0 Å². The van der Waals surface area contributed by atoms with Gasteiger partial charge in [-0.05, 0) is 43.5 Å². The minimum atomic E-state index is -3.87. The molecular weight excluding hydrogens is 334 g/mol. The van der Waals surface area contributed by atoms with E-state index in [1.165, 1.54) is 12.1 Å². The molecule has 0 aromatic heterocycles. The molecule has 8 heteroatoms. The third kappa shape index (κ3) is 4.52. The molecule has 1 fully saturated rings. The third-order valence-corrected chi connectivity index (χ3v) is 6.03. The summed E-state index contributed by atoms with van der Waals surface area (Å²) in [6.07, 6.45) is 1.34. The molecule has 1 aliphatic rings. The van der Waals surface area contributed by atoms with E-state index in [9.17, 15) is 17.4 Å². The van der Waals surface area contributed by atoms with Crippen LogP contribution in [0.3, 0.4) is 0 Å². The minimum Gasteiger partial charge on any atom is -0.349 e. The summed E-state index contributed by atoms with van der Waals surface area (Å²) < 4.78 is 34.1. The van der Waals surface area contributed by atoms with Gasteiger partial charge in [-0.2, -0.15) is 0 Å². The maximum Gasteiger partial charge on any atom is 0.261 e. The van der Waals surface area contributed by atoms with E-state index < -0.39 is 19.9 Å². The fourth-order valence-corrected chi connectivity index (χ4v) is 4.39. The fourth-order valence-electron chi connectivity index (χ4n) is 2.23. The fraction of sp³-hybridized carbons (Fsp3) is 0.462. The van der Waals surface area contributed by atoms with E-state index in [1.807, 2.05) is 0 Å². The van der Waals surface area contributed by atoms with Crippen LogP contribution in [0.4, 0.5) is 0 Å². The SMILES string of the molecule is Cc1cc(C(=O)NC2CCS(=O)CC2)cc(S(=O)(=O)Cl)c1. The van der Waals surface area contributed by atoms with Gasteiger partial charge in [0.05, 0.1) is 4.90 Å². The molecule has 1 aromatic rings. The average Bonchev–Trinajstić information content (AvgIpc) is 2.39. The lowest BCUT2D eigenvalue weighted by Crippen LogP contribution is -2.39. The summed E-state index contributed by atoms with van der Waals surface area (Å²) in [5, 5.41) is 2.85. The standard InChI is InChI=1S/C13H16ClNO4S2/c1-9-6-10(8-12(7-9)21(14,18)19)13(16)15-11-2-4-20(17)5-3-11/h6-8,11H,2-5H2,1H3,(H,15,16). The highest BCUT2D eigenvalue weighted by Crippen LogP contribution is 2.19. The average molecular weight is 350 g/mol. The largest absolute Gasteiger partial charge is 0.349 e. The van der Waals surface area contributed by atoms with Crippen molar-refractivity contribution in [1.82, 2.24) is 5.32 Å². The van der Waals surface area contributed by atoms with Gasteiger partial charge in [0.2, 0.25) is 0 Å². The first-order valence-corrected chi connectivity index (χ1v) is 10.3.